The number of nitrogens with one attached hydrogen (secondary N) is 2. The molecule has 2 N–H and O–H groups in total. The third-order valence-electron chi connectivity index (χ3n) is 1.78. The average molecular weight is 346 g/mol. The maximum Gasteiger partial charge on any atom is 0.275 e. The van der Waals surface area contributed by atoms with Crippen LogP contribution in [0.25, 0.3) is 0 Å². The van der Waals surface area contributed by atoms with Crippen molar-refractivity contribution in [2.24, 2.45) is 0 Å². The number of carbonyl (C=O) groups excluding carboxylic acids is 1. The number of nitrogens with zero attached hydrogens (tertiary/aromatic N) is 2. The van der Waals surface area contributed by atoms with E-state index < -0.39 is 0 Å². The zero-order valence-corrected chi connectivity index (χ0v) is 11.0. The molecule has 0 saturated heterocycles. The molecule has 0 radical (unpaired) electrons. The summed E-state index contributed by atoms with van der Waals surface area (Å²) < 4.78 is 1.43. The average Bonchev–Trinajstić information content (AvgIpc) is 2.70. The maximum atomic E-state index is 11.8. The largest absolute Gasteiger partial charge is 0.318 e. The van der Waals surface area contributed by atoms with Crippen LogP contribution in [0.15, 0.2) is 33.6 Å². The third-order valence-corrected chi connectivity index (χ3v) is 2.82. The molecule has 0 aliphatic heterocycles. The lowest BCUT2D eigenvalue weighted by Crippen LogP contribution is -2.13. The molecule has 0 bridgehead atoms. The van der Waals surface area contributed by atoms with Gasteiger partial charge in [-0.25, -0.2) is 4.98 Å². The highest BCUT2D eigenvalue weighted by Crippen LogP contribution is 2.20. The van der Waals surface area contributed by atoms with E-state index in [2.05, 4.69) is 52.4 Å². The standard InChI is InChI=1S/C9H6Br2N4O/c10-5-1-7(11)8(12-2-5)9(16)15-6-3-13-14-4-6/h1-4H,(H,13,14)(H,15,16). The first-order valence-corrected chi connectivity index (χ1v) is 5.86. The van der Waals surface area contributed by atoms with E-state index in [1.165, 1.54) is 6.20 Å². The van der Waals surface area contributed by atoms with Gasteiger partial charge in [0, 0.05) is 16.9 Å². The summed E-state index contributed by atoms with van der Waals surface area (Å²) >= 11 is 6.54. The molecule has 0 fully saturated rings. The number of anilines is 1. The van der Waals surface area contributed by atoms with Crippen LogP contribution >= 0.6 is 31.9 Å². The van der Waals surface area contributed by atoms with Crippen LogP contribution in [0.1, 0.15) is 10.5 Å². The van der Waals surface area contributed by atoms with Crippen molar-refractivity contribution < 1.29 is 4.79 Å². The van der Waals surface area contributed by atoms with Crippen LogP contribution in [0.4, 0.5) is 5.69 Å². The van der Waals surface area contributed by atoms with Crippen LogP contribution in [0.3, 0.4) is 0 Å². The summed E-state index contributed by atoms with van der Waals surface area (Å²) in [4.78, 5) is 15.8. The fraction of sp³-hybridized carbons (Fsp3) is 0. The number of halogens is 2. The van der Waals surface area contributed by atoms with Crippen molar-refractivity contribution >= 4 is 43.5 Å². The molecule has 2 heterocycles. The monoisotopic (exact) mass is 344 g/mol. The van der Waals surface area contributed by atoms with Gasteiger partial charge in [0.15, 0.2) is 0 Å². The molecule has 2 aromatic rings. The molecule has 1 amide bonds. The Bertz CT molecular complexity index is 512. The van der Waals surface area contributed by atoms with E-state index in [0.717, 1.165) is 4.47 Å². The van der Waals surface area contributed by atoms with Crippen LogP contribution in [0.2, 0.25) is 0 Å². The van der Waals surface area contributed by atoms with Gasteiger partial charge in [0.2, 0.25) is 0 Å². The number of aromatic amines is 1. The summed E-state index contributed by atoms with van der Waals surface area (Å²) in [6.45, 7) is 0. The lowest BCUT2D eigenvalue weighted by Gasteiger charge is -2.03. The highest BCUT2D eigenvalue weighted by atomic mass is 79.9. The van der Waals surface area contributed by atoms with Crippen LogP contribution in [-0.2, 0) is 0 Å². The SMILES string of the molecule is O=C(Nc1cn[nH]c1)c1ncc(Br)cc1Br. The molecule has 0 aliphatic carbocycles. The van der Waals surface area contributed by atoms with Crippen molar-refractivity contribution in [2.45, 2.75) is 0 Å². The molecular formula is C9H6Br2N4O. The highest BCUT2D eigenvalue weighted by molar-refractivity contribution is 9.11. The molecule has 0 spiro atoms. The van der Waals surface area contributed by atoms with Gasteiger partial charge in [0.25, 0.3) is 5.91 Å². The molecule has 2 aromatic heterocycles. The van der Waals surface area contributed by atoms with E-state index in [1.807, 2.05) is 0 Å². The Morgan fingerprint density at radius 1 is 1.38 bits per heavy atom. The second-order valence-electron chi connectivity index (χ2n) is 2.93. The highest BCUT2D eigenvalue weighted by Gasteiger charge is 2.12. The molecule has 16 heavy (non-hydrogen) atoms. The number of pyridine rings is 1. The molecular weight excluding hydrogens is 340 g/mol. The molecule has 0 aromatic carbocycles. The van der Waals surface area contributed by atoms with Crippen LogP contribution in [-0.4, -0.2) is 21.1 Å². The van der Waals surface area contributed by atoms with Crippen LogP contribution < -0.4 is 5.32 Å². The minimum absolute atomic E-state index is 0.291. The maximum absolute atomic E-state index is 11.8. The number of rotatable bonds is 2. The minimum atomic E-state index is -0.291. The lowest BCUT2D eigenvalue weighted by molar-refractivity contribution is 0.102. The number of amides is 1. The van der Waals surface area contributed by atoms with Gasteiger partial charge < -0.3 is 5.32 Å². The molecule has 5 nitrogen and oxygen atoms in total. The van der Waals surface area contributed by atoms with E-state index >= 15 is 0 Å². The summed E-state index contributed by atoms with van der Waals surface area (Å²) in [6, 6.07) is 1.76. The zero-order valence-electron chi connectivity index (χ0n) is 7.87. The van der Waals surface area contributed by atoms with E-state index in [1.54, 1.807) is 18.5 Å². The van der Waals surface area contributed by atoms with Gasteiger partial charge in [-0.3, -0.25) is 9.89 Å². The van der Waals surface area contributed by atoms with E-state index in [4.69, 9.17) is 0 Å². The van der Waals surface area contributed by atoms with Crippen molar-refractivity contribution in [3.05, 3.63) is 39.3 Å². The Kier molecular flexibility index (Phi) is 3.35. The van der Waals surface area contributed by atoms with Gasteiger partial charge in [-0.15, -0.1) is 0 Å². The Balaban J connectivity index is 2.21. The summed E-state index contributed by atoms with van der Waals surface area (Å²) in [7, 11) is 0. The first-order chi connectivity index (χ1) is 7.66. The Morgan fingerprint density at radius 2 is 2.19 bits per heavy atom. The molecule has 82 valence electrons. The van der Waals surface area contributed by atoms with Crippen LogP contribution in [0.5, 0.6) is 0 Å². The summed E-state index contributed by atoms with van der Waals surface area (Å²) in [5.41, 5.74) is 0.922. The quantitative estimate of drug-likeness (QED) is 0.878. The zero-order chi connectivity index (χ0) is 11.5. The lowest BCUT2D eigenvalue weighted by atomic mass is 10.3. The van der Waals surface area contributed by atoms with Crippen LogP contribution in [0, 0.1) is 0 Å². The Hall–Kier alpha value is -1.21. The minimum Gasteiger partial charge on any atom is -0.318 e. The smallest absolute Gasteiger partial charge is 0.275 e. The molecule has 0 unspecified atom stereocenters. The molecule has 0 atom stereocenters. The van der Waals surface area contributed by atoms with E-state index in [9.17, 15) is 4.79 Å². The number of hydrogen-bond donors (Lipinski definition) is 2. The first kappa shape index (κ1) is 11.3. The van der Waals surface area contributed by atoms with Crippen molar-refractivity contribution in [3.8, 4) is 0 Å². The van der Waals surface area contributed by atoms with Gasteiger partial charge in [0.1, 0.15) is 5.69 Å². The summed E-state index contributed by atoms with van der Waals surface area (Å²) in [6.07, 6.45) is 4.67. The summed E-state index contributed by atoms with van der Waals surface area (Å²) in [5, 5.41) is 8.99. The number of aromatic nitrogens is 3. The van der Waals surface area contributed by atoms with Gasteiger partial charge in [-0.1, -0.05) is 0 Å². The van der Waals surface area contributed by atoms with Crippen molar-refractivity contribution in [2.75, 3.05) is 5.32 Å². The Morgan fingerprint density at radius 3 is 2.81 bits per heavy atom. The normalized spacial score (nSPS) is 10.1. The number of H-pyrrole nitrogens is 1. The van der Waals surface area contributed by atoms with Crippen molar-refractivity contribution in [1.29, 1.82) is 0 Å². The van der Waals surface area contributed by atoms with Crippen molar-refractivity contribution in [3.63, 3.8) is 0 Å². The fourth-order valence-corrected chi connectivity index (χ4v) is 2.26. The Labute approximate surface area is 108 Å². The second kappa shape index (κ2) is 4.75. The second-order valence-corrected chi connectivity index (χ2v) is 4.70. The molecule has 7 heteroatoms. The van der Waals surface area contributed by atoms with Crippen molar-refractivity contribution in [1.82, 2.24) is 15.2 Å². The van der Waals surface area contributed by atoms with E-state index in [0.29, 0.717) is 15.9 Å². The molecule has 2 rings (SSSR count). The summed E-state index contributed by atoms with van der Waals surface area (Å²) in [5.74, 6) is -0.291. The third kappa shape index (κ3) is 2.48. The van der Waals surface area contributed by atoms with Gasteiger partial charge in [0.05, 0.1) is 16.4 Å². The topological polar surface area (TPSA) is 70.7 Å². The first-order valence-electron chi connectivity index (χ1n) is 4.28. The molecule has 0 saturated carbocycles. The van der Waals surface area contributed by atoms with Gasteiger partial charge in [-0.2, -0.15) is 5.10 Å². The predicted molar refractivity (Wildman–Crippen MR) is 66.2 cm³/mol. The fourth-order valence-electron chi connectivity index (χ4n) is 1.09. The molecule has 0 aliphatic rings. The van der Waals surface area contributed by atoms with E-state index in [-0.39, 0.29) is 5.91 Å². The predicted octanol–water partition coefficient (Wildman–Crippen LogP) is 2.58. The van der Waals surface area contributed by atoms with Gasteiger partial charge >= 0.3 is 0 Å². The van der Waals surface area contributed by atoms with Gasteiger partial charge in [-0.05, 0) is 37.9 Å². The number of hydrogen-bond acceptors (Lipinski definition) is 3. The number of carbonyl (C=O) groups is 1.